The van der Waals surface area contributed by atoms with Crippen molar-refractivity contribution in [2.24, 2.45) is 0 Å². The molecule has 2 saturated heterocycles. The first kappa shape index (κ1) is 15.7. The third kappa shape index (κ3) is 3.43. The molecule has 0 bridgehead atoms. The zero-order valence-corrected chi connectivity index (χ0v) is 13.0. The summed E-state index contributed by atoms with van der Waals surface area (Å²) in [5.74, 6) is 1.70. The first-order chi connectivity index (χ1) is 10.6. The number of aromatic nitrogens is 2. The third-order valence-electron chi connectivity index (χ3n) is 4.16. The third-order valence-corrected chi connectivity index (χ3v) is 5.38. The van der Waals surface area contributed by atoms with Gasteiger partial charge in [-0.1, -0.05) is 0 Å². The molecule has 5 nitrogen and oxygen atoms in total. The lowest BCUT2D eigenvalue weighted by Gasteiger charge is -2.38. The highest BCUT2D eigenvalue weighted by Gasteiger charge is 2.41. The lowest BCUT2D eigenvalue weighted by Crippen LogP contribution is -2.49. The standard InChI is InChI=1S/C14H19F2N3O2S/c15-12(16)8-19-11(1-4-17-19)13(20)18-10-2-5-21-14(7-10)3-6-22-9-14/h1,4,10,12H,2-3,5-9H2,(H,18,20). The molecule has 1 aromatic heterocycles. The molecule has 1 spiro atoms. The smallest absolute Gasteiger partial charge is 0.269 e. The van der Waals surface area contributed by atoms with E-state index in [0.29, 0.717) is 6.61 Å². The summed E-state index contributed by atoms with van der Waals surface area (Å²) in [5.41, 5.74) is 0.0611. The van der Waals surface area contributed by atoms with Gasteiger partial charge in [0, 0.05) is 24.6 Å². The van der Waals surface area contributed by atoms with Crippen molar-refractivity contribution in [3.63, 3.8) is 0 Å². The van der Waals surface area contributed by atoms with Crippen molar-refractivity contribution in [3.8, 4) is 0 Å². The van der Waals surface area contributed by atoms with Crippen LogP contribution in [0.25, 0.3) is 0 Å². The minimum absolute atomic E-state index is 0.0230. The van der Waals surface area contributed by atoms with E-state index in [1.807, 2.05) is 11.8 Å². The summed E-state index contributed by atoms with van der Waals surface area (Å²) in [6.45, 7) is 0.0614. The topological polar surface area (TPSA) is 56.1 Å². The Morgan fingerprint density at radius 3 is 3.23 bits per heavy atom. The number of nitrogens with zero attached hydrogens (tertiary/aromatic N) is 2. The van der Waals surface area contributed by atoms with Crippen LogP contribution in [0.3, 0.4) is 0 Å². The van der Waals surface area contributed by atoms with Crippen molar-refractivity contribution in [2.45, 2.75) is 43.9 Å². The average molecular weight is 331 g/mol. The van der Waals surface area contributed by atoms with E-state index in [1.54, 1.807) is 0 Å². The second kappa shape index (κ2) is 6.54. The van der Waals surface area contributed by atoms with Crippen LogP contribution in [0, 0.1) is 0 Å². The molecule has 2 atom stereocenters. The van der Waals surface area contributed by atoms with Crippen molar-refractivity contribution < 1.29 is 18.3 Å². The number of halogens is 2. The molecule has 0 aliphatic carbocycles. The molecule has 0 aromatic carbocycles. The molecule has 22 heavy (non-hydrogen) atoms. The van der Waals surface area contributed by atoms with Gasteiger partial charge in [-0.3, -0.25) is 9.48 Å². The SMILES string of the molecule is O=C(NC1CCOC2(CCSC2)C1)c1ccnn1CC(F)F. The van der Waals surface area contributed by atoms with Gasteiger partial charge < -0.3 is 10.1 Å². The van der Waals surface area contributed by atoms with Crippen LogP contribution < -0.4 is 5.32 Å². The summed E-state index contributed by atoms with van der Waals surface area (Å²) in [7, 11) is 0. The van der Waals surface area contributed by atoms with Crippen LogP contribution in [0.4, 0.5) is 8.78 Å². The molecule has 8 heteroatoms. The van der Waals surface area contributed by atoms with E-state index >= 15 is 0 Å². The molecule has 2 aliphatic rings. The minimum Gasteiger partial charge on any atom is -0.374 e. The first-order valence-corrected chi connectivity index (χ1v) is 8.56. The second-order valence-corrected chi connectivity index (χ2v) is 6.89. The lowest BCUT2D eigenvalue weighted by molar-refractivity contribution is -0.0688. The molecule has 0 radical (unpaired) electrons. The Morgan fingerprint density at radius 2 is 2.50 bits per heavy atom. The van der Waals surface area contributed by atoms with Gasteiger partial charge in [-0.2, -0.15) is 16.9 Å². The van der Waals surface area contributed by atoms with Crippen LogP contribution in [-0.4, -0.2) is 51.9 Å². The average Bonchev–Trinajstić information content (AvgIpc) is 3.08. The van der Waals surface area contributed by atoms with E-state index in [0.717, 1.165) is 35.4 Å². The molecule has 2 fully saturated rings. The number of amides is 1. The second-order valence-electron chi connectivity index (χ2n) is 5.79. The predicted octanol–water partition coefficient (Wildman–Crippen LogP) is 1.93. The zero-order chi connectivity index (χ0) is 15.6. The van der Waals surface area contributed by atoms with Crippen LogP contribution in [0.2, 0.25) is 0 Å². The van der Waals surface area contributed by atoms with Crippen LogP contribution in [0.5, 0.6) is 0 Å². The highest BCUT2D eigenvalue weighted by Crippen LogP contribution is 2.38. The Balaban J connectivity index is 1.63. The number of carbonyl (C=O) groups is 1. The van der Waals surface area contributed by atoms with E-state index in [1.165, 1.54) is 12.3 Å². The minimum atomic E-state index is -2.53. The van der Waals surface area contributed by atoms with Gasteiger partial charge in [-0.05, 0) is 31.1 Å². The van der Waals surface area contributed by atoms with Gasteiger partial charge in [0.2, 0.25) is 0 Å². The summed E-state index contributed by atoms with van der Waals surface area (Å²) in [4.78, 5) is 12.3. The van der Waals surface area contributed by atoms with Gasteiger partial charge in [0.25, 0.3) is 12.3 Å². The maximum Gasteiger partial charge on any atom is 0.269 e. The number of nitrogens with one attached hydrogen (secondary N) is 1. The Kier molecular flexibility index (Phi) is 4.67. The number of hydrogen-bond acceptors (Lipinski definition) is 4. The van der Waals surface area contributed by atoms with Crippen LogP contribution in [0.15, 0.2) is 12.3 Å². The van der Waals surface area contributed by atoms with Crippen molar-refractivity contribution in [1.29, 1.82) is 0 Å². The highest BCUT2D eigenvalue weighted by atomic mass is 32.2. The molecule has 2 aliphatic heterocycles. The number of rotatable bonds is 4. The van der Waals surface area contributed by atoms with Crippen molar-refractivity contribution >= 4 is 17.7 Å². The van der Waals surface area contributed by atoms with Crippen molar-refractivity contribution in [2.75, 3.05) is 18.1 Å². The molecule has 122 valence electrons. The molecule has 1 aromatic rings. The number of alkyl halides is 2. The van der Waals surface area contributed by atoms with E-state index < -0.39 is 13.0 Å². The number of ether oxygens (including phenoxy) is 1. The summed E-state index contributed by atoms with van der Waals surface area (Å²) in [5, 5.41) is 6.74. The van der Waals surface area contributed by atoms with Crippen LogP contribution >= 0.6 is 11.8 Å². The Hall–Kier alpha value is -1.15. The summed E-state index contributed by atoms with van der Waals surface area (Å²) < 4.78 is 32.0. The van der Waals surface area contributed by atoms with Gasteiger partial charge in [0.1, 0.15) is 12.2 Å². The molecule has 2 unspecified atom stereocenters. The predicted molar refractivity (Wildman–Crippen MR) is 79.3 cm³/mol. The normalized spacial score (nSPS) is 28.4. The summed E-state index contributed by atoms with van der Waals surface area (Å²) >= 11 is 1.87. The lowest BCUT2D eigenvalue weighted by atomic mass is 9.90. The zero-order valence-electron chi connectivity index (χ0n) is 12.1. The van der Waals surface area contributed by atoms with Crippen molar-refractivity contribution in [1.82, 2.24) is 15.1 Å². The fraction of sp³-hybridized carbons (Fsp3) is 0.714. The maximum atomic E-state index is 12.5. The Labute approximate surface area is 131 Å². The fourth-order valence-electron chi connectivity index (χ4n) is 3.08. The molecule has 3 heterocycles. The van der Waals surface area contributed by atoms with E-state index in [4.69, 9.17) is 4.74 Å². The summed E-state index contributed by atoms with van der Waals surface area (Å²) in [6.07, 6.45) is 1.38. The number of carbonyl (C=O) groups excluding carboxylic acids is 1. The van der Waals surface area contributed by atoms with E-state index in [9.17, 15) is 13.6 Å². The molecular weight excluding hydrogens is 312 g/mol. The monoisotopic (exact) mass is 331 g/mol. The van der Waals surface area contributed by atoms with E-state index in [2.05, 4.69) is 10.4 Å². The maximum absolute atomic E-state index is 12.5. The largest absolute Gasteiger partial charge is 0.374 e. The quantitative estimate of drug-likeness (QED) is 0.916. The van der Waals surface area contributed by atoms with Crippen LogP contribution in [0.1, 0.15) is 29.8 Å². The molecule has 3 rings (SSSR count). The van der Waals surface area contributed by atoms with Gasteiger partial charge in [0.15, 0.2) is 0 Å². The van der Waals surface area contributed by atoms with E-state index in [-0.39, 0.29) is 23.2 Å². The number of hydrogen-bond donors (Lipinski definition) is 1. The van der Waals surface area contributed by atoms with Crippen molar-refractivity contribution in [3.05, 3.63) is 18.0 Å². The van der Waals surface area contributed by atoms with Gasteiger partial charge >= 0.3 is 0 Å². The fourth-order valence-corrected chi connectivity index (χ4v) is 4.45. The van der Waals surface area contributed by atoms with Gasteiger partial charge in [-0.15, -0.1) is 0 Å². The Bertz CT molecular complexity index is 532. The molecule has 1 N–H and O–H groups in total. The summed E-state index contributed by atoms with van der Waals surface area (Å²) in [6, 6.07) is 1.49. The highest BCUT2D eigenvalue weighted by molar-refractivity contribution is 7.99. The van der Waals surface area contributed by atoms with Gasteiger partial charge in [-0.25, -0.2) is 8.78 Å². The molecular formula is C14H19F2N3O2S. The van der Waals surface area contributed by atoms with Crippen LogP contribution in [-0.2, 0) is 11.3 Å². The Morgan fingerprint density at radius 1 is 1.64 bits per heavy atom. The number of thioether (sulfide) groups is 1. The molecule has 0 saturated carbocycles. The first-order valence-electron chi connectivity index (χ1n) is 7.40. The van der Waals surface area contributed by atoms with Gasteiger partial charge in [0.05, 0.1) is 5.60 Å². The molecule has 1 amide bonds.